The molecule has 26 heavy (non-hydrogen) atoms. The number of nitrogen functional groups attached to an aromatic ring is 2. The van der Waals surface area contributed by atoms with E-state index in [1.54, 1.807) is 4.57 Å². The quantitative estimate of drug-likeness (QED) is 0.579. The predicted molar refractivity (Wildman–Crippen MR) is 97.5 cm³/mol. The molecule has 0 amide bonds. The summed E-state index contributed by atoms with van der Waals surface area (Å²) in [4.78, 5) is 22.4. The number of hydrogen-bond donors (Lipinski definition) is 3. The average molecular weight is 404 g/mol. The summed E-state index contributed by atoms with van der Waals surface area (Å²) in [6, 6.07) is 0. The van der Waals surface area contributed by atoms with Gasteiger partial charge in [-0.15, -0.1) is 0 Å². The van der Waals surface area contributed by atoms with Gasteiger partial charge in [-0.25, -0.2) is 4.98 Å². The van der Waals surface area contributed by atoms with Crippen molar-refractivity contribution >= 4 is 41.5 Å². The number of rotatable bonds is 6. The first-order valence-electron chi connectivity index (χ1n) is 7.82. The Kier molecular flexibility index (Phi) is 5.45. The molecule has 1 saturated heterocycles. The van der Waals surface area contributed by atoms with Gasteiger partial charge < -0.3 is 30.4 Å². The van der Waals surface area contributed by atoms with Crippen molar-refractivity contribution in [2.24, 2.45) is 0 Å². The van der Waals surface area contributed by atoms with Crippen molar-refractivity contribution in [3.8, 4) is 0 Å². The Morgan fingerprint density at radius 1 is 1.35 bits per heavy atom. The van der Waals surface area contributed by atoms with Crippen LogP contribution in [-0.2, 0) is 30.3 Å². The number of ether oxygens (including phenoxy) is 2. The zero-order valence-corrected chi connectivity index (χ0v) is 16.2. The van der Waals surface area contributed by atoms with Crippen molar-refractivity contribution in [3.63, 3.8) is 0 Å². The molecule has 0 spiro atoms. The summed E-state index contributed by atoms with van der Waals surface area (Å²) in [5.74, 6) is 0.192. The smallest absolute Gasteiger partial charge is 0.324 e. The third-order valence-electron chi connectivity index (χ3n) is 4.19. The molecule has 1 fully saturated rings. The van der Waals surface area contributed by atoms with E-state index in [1.165, 1.54) is 20.5 Å². The number of anilines is 2. The lowest BCUT2D eigenvalue weighted by Gasteiger charge is -2.26. The summed E-state index contributed by atoms with van der Waals surface area (Å²) in [6.45, 7) is -1.48. The highest BCUT2D eigenvalue weighted by molar-refractivity contribution is 8.07. The molecule has 1 aliphatic rings. The van der Waals surface area contributed by atoms with Crippen LogP contribution in [0.1, 0.15) is 19.6 Å². The molecule has 0 aliphatic carbocycles. The van der Waals surface area contributed by atoms with Gasteiger partial charge in [-0.1, -0.05) is 6.92 Å². The summed E-state index contributed by atoms with van der Waals surface area (Å²) in [7, 11) is 2.81. The van der Waals surface area contributed by atoms with Gasteiger partial charge in [0.2, 0.25) is 5.95 Å². The summed E-state index contributed by atoms with van der Waals surface area (Å²) < 4.78 is 23.9. The molecule has 1 aliphatic heterocycles. The van der Waals surface area contributed by atoms with Crippen molar-refractivity contribution in [3.05, 3.63) is 6.33 Å². The molecular weight excluding hydrogens is 383 g/mol. The lowest BCUT2D eigenvalue weighted by Crippen LogP contribution is -2.35. The molecule has 0 aromatic carbocycles. The van der Waals surface area contributed by atoms with E-state index in [0.717, 1.165) is 0 Å². The molecule has 144 valence electrons. The fourth-order valence-electron chi connectivity index (χ4n) is 2.98. The van der Waals surface area contributed by atoms with Crippen molar-refractivity contribution in [1.82, 2.24) is 19.5 Å². The molecule has 5 atom stereocenters. The van der Waals surface area contributed by atoms with Gasteiger partial charge in [0.15, 0.2) is 17.7 Å². The summed E-state index contributed by atoms with van der Waals surface area (Å²) >= 11 is 4.97. The van der Waals surface area contributed by atoms with Crippen LogP contribution in [-0.4, -0.2) is 56.9 Å². The van der Waals surface area contributed by atoms with Gasteiger partial charge in [-0.05, 0) is 18.2 Å². The van der Waals surface area contributed by atoms with E-state index in [4.69, 9.17) is 41.8 Å². The van der Waals surface area contributed by atoms with Crippen molar-refractivity contribution < 1.29 is 23.4 Å². The maximum Gasteiger partial charge on any atom is 0.324 e. The van der Waals surface area contributed by atoms with E-state index in [0.29, 0.717) is 17.6 Å². The molecule has 0 radical (unpaired) electrons. The number of imidazole rings is 1. The third kappa shape index (κ3) is 3.41. The highest BCUT2D eigenvalue weighted by atomic mass is 32.5. The Morgan fingerprint density at radius 3 is 2.69 bits per heavy atom. The van der Waals surface area contributed by atoms with Gasteiger partial charge in [-0.3, -0.25) is 9.09 Å². The normalized spacial score (nSPS) is 28.5. The first-order chi connectivity index (χ1) is 12.3. The van der Waals surface area contributed by atoms with Crippen molar-refractivity contribution in [2.45, 2.75) is 37.9 Å². The zero-order valence-electron chi connectivity index (χ0n) is 14.5. The van der Waals surface area contributed by atoms with Crippen LogP contribution in [0.15, 0.2) is 6.33 Å². The Morgan fingerprint density at radius 2 is 2.08 bits per heavy atom. The molecule has 0 bridgehead atoms. The number of nitrogens with zero attached hydrogens (tertiary/aromatic N) is 4. The monoisotopic (exact) mass is 404 g/mol. The van der Waals surface area contributed by atoms with E-state index in [-0.39, 0.29) is 17.9 Å². The molecular formula is C13H21N6O5PS. The highest BCUT2D eigenvalue weighted by Gasteiger charge is 2.48. The minimum Gasteiger partial charge on any atom is -0.382 e. The molecule has 2 aromatic rings. The van der Waals surface area contributed by atoms with E-state index in [9.17, 15) is 4.89 Å². The van der Waals surface area contributed by atoms with E-state index in [1.807, 2.05) is 6.92 Å². The topological polar surface area (TPSA) is 153 Å². The van der Waals surface area contributed by atoms with Crippen LogP contribution in [0.4, 0.5) is 11.8 Å². The Hall–Kier alpha value is -1.40. The molecule has 11 nitrogen and oxygen atoms in total. The number of nitrogens with two attached hydrogens (primary N) is 2. The van der Waals surface area contributed by atoms with E-state index < -0.39 is 25.2 Å². The fourth-order valence-corrected chi connectivity index (χ4v) is 3.93. The van der Waals surface area contributed by atoms with Crippen LogP contribution in [0.25, 0.3) is 11.2 Å². The molecule has 3 rings (SSSR count). The van der Waals surface area contributed by atoms with Crippen LogP contribution >= 0.6 is 6.72 Å². The lowest BCUT2D eigenvalue weighted by molar-refractivity contribution is -0.0494. The molecule has 3 unspecified atom stereocenters. The highest BCUT2D eigenvalue weighted by Crippen LogP contribution is 2.49. The SMILES string of the molecule is CC[C@H]1O[C@@H](n2cnc3c(N)nc(N)nc32)C(OC)C1OP(O)(=S)OC. The van der Waals surface area contributed by atoms with Crippen LogP contribution in [0, 0.1) is 0 Å². The van der Waals surface area contributed by atoms with Gasteiger partial charge in [-0.2, -0.15) is 9.97 Å². The van der Waals surface area contributed by atoms with Crippen LogP contribution in [0.2, 0.25) is 0 Å². The van der Waals surface area contributed by atoms with Crippen LogP contribution in [0.5, 0.6) is 0 Å². The number of fused-ring (bicyclic) bond motifs is 1. The third-order valence-corrected chi connectivity index (χ3v) is 5.86. The van der Waals surface area contributed by atoms with Gasteiger partial charge in [0.05, 0.1) is 12.4 Å². The van der Waals surface area contributed by atoms with E-state index >= 15 is 0 Å². The van der Waals surface area contributed by atoms with Gasteiger partial charge >= 0.3 is 6.72 Å². The van der Waals surface area contributed by atoms with Gasteiger partial charge in [0.1, 0.15) is 17.7 Å². The standard InChI is InChI=1S/C13H21N6O5PS/c1-4-6-8(24-25(20,26)22-3)9(21-2)12(23-6)19-5-16-7-10(14)17-13(15)18-11(7)19/h5-6,8-9,12H,4H2,1-3H3,(H,20,26)(H4,14,15,17,18)/t6-,8?,9?,12-,25?/m1/s1. The zero-order chi connectivity index (χ0) is 19.1. The first-order valence-corrected chi connectivity index (χ1v) is 10.4. The number of aromatic nitrogens is 4. The number of methoxy groups -OCH3 is 1. The van der Waals surface area contributed by atoms with Crippen molar-refractivity contribution in [2.75, 3.05) is 25.7 Å². The van der Waals surface area contributed by atoms with E-state index in [2.05, 4.69) is 15.0 Å². The Labute approximate surface area is 154 Å². The maximum atomic E-state index is 10.1. The maximum absolute atomic E-state index is 10.1. The molecule has 0 saturated carbocycles. The minimum atomic E-state index is -3.41. The second kappa shape index (κ2) is 7.31. The molecule has 3 heterocycles. The second-order valence-corrected chi connectivity index (χ2v) is 8.58. The Bertz CT molecular complexity index is 850. The largest absolute Gasteiger partial charge is 0.382 e. The van der Waals surface area contributed by atoms with Crippen molar-refractivity contribution in [1.29, 1.82) is 0 Å². The van der Waals surface area contributed by atoms with Crippen LogP contribution in [0.3, 0.4) is 0 Å². The minimum absolute atomic E-state index is 0.0220. The van der Waals surface area contributed by atoms with Gasteiger partial charge in [0, 0.05) is 14.2 Å². The second-order valence-electron chi connectivity index (χ2n) is 5.69. The molecule has 5 N–H and O–H groups in total. The fraction of sp³-hybridized carbons (Fsp3) is 0.615. The molecule has 13 heteroatoms. The summed E-state index contributed by atoms with van der Waals surface area (Å²) in [5.41, 5.74) is 12.4. The predicted octanol–water partition coefficient (Wildman–Crippen LogP) is 0.562. The lowest BCUT2D eigenvalue weighted by atomic mass is 10.1. The summed E-state index contributed by atoms with van der Waals surface area (Å²) in [6.07, 6.45) is -0.138. The van der Waals surface area contributed by atoms with Crippen LogP contribution < -0.4 is 11.5 Å². The summed E-state index contributed by atoms with van der Waals surface area (Å²) in [5, 5.41) is 0. The average Bonchev–Trinajstić information content (AvgIpc) is 3.15. The first kappa shape index (κ1) is 19.4. The van der Waals surface area contributed by atoms with Gasteiger partial charge in [0.25, 0.3) is 0 Å². The Balaban J connectivity index is 2.01. The molecule has 2 aromatic heterocycles. The number of hydrogen-bond acceptors (Lipinski definition) is 10.